The first-order valence-electron chi connectivity index (χ1n) is 6.15. The van der Waals surface area contributed by atoms with E-state index in [1.165, 1.54) is 18.2 Å². The van der Waals surface area contributed by atoms with E-state index < -0.39 is 6.36 Å². The fourth-order valence-corrected chi connectivity index (χ4v) is 2.27. The zero-order valence-electron chi connectivity index (χ0n) is 10.3. The van der Waals surface area contributed by atoms with E-state index in [0.717, 1.165) is 12.8 Å². The minimum absolute atomic E-state index is 0.229. The first-order chi connectivity index (χ1) is 8.96. The zero-order chi connectivity index (χ0) is 13.9. The van der Waals surface area contributed by atoms with Crippen LogP contribution in [0.15, 0.2) is 24.3 Å². The molecule has 0 bridgehead atoms. The van der Waals surface area contributed by atoms with Gasteiger partial charge in [0.15, 0.2) is 0 Å². The van der Waals surface area contributed by atoms with E-state index in [-0.39, 0.29) is 17.7 Å². The Morgan fingerprint density at radius 1 is 1.26 bits per heavy atom. The molecule has 1 saturated heterocycles. The number of hydrogen-bond acceptors (Lipinski definition) is 3. The SMILES string of the molecule is N[C@H](c1cccc(OC(F)(F)F)c1)C1CCOCC1. The summed E-state index contributed by atoms with van der Waals surface area (Å²) in [6.45, 7) is 1.30. The van der Waals surface area contributed by atoms with Gasteiger partial charge in [-0.3, -0.25) is 0 Å². The zero-order valence-corrected chi connectivity index (χ0v) is 10.3. The summed E-state index contributed by atoms with van der Waals surface area (Å²) in [5, 5.41) is 0. The first-order valence-corrected chi connectivity index (χ1v) is 6.15. The maximum absolute atomic E-state index is 12.2. The lowest BCUT2D eigenvalue weighted by molar-refractivity contribution is -0.274. The van der Waals surface area contributed by atoms with E-state index in [1.54, 1.807) is 6.07 Å². The molecule has 19 heavy (non-hydrogen) atoms. The maximum atomic E-state index is 12.2. The Balaban J connectivity index is 2.09. The molecule has 1 aliphatic heterocycles. The summed E-state index contributed by atoms with van der Waals surface area (Å²) in [5.41, 5.74) is 6.77. The van der Waals surface area contributed by atoms with E-state index in [2.05, 4.69) is 4.74 Å². The van der Waals surface area contributed by atoms with Crippen LogP contribution in [0.4, 0.5) is 13.2 Å². The Morgan fingerprint density at radius 2 is 1.95 bits per heavy atom. The van der Waals surface area contributed by atoms with Crippen LogP contribution in [0.25, 0.3) is 0 Å². The molecule has 2 N–H and O–H groups in total. The van der Waals surface area contributed by atoms with Gasteiger partial charge < -0.3 is 15.2 Å². The third kappa shape index (κ3) is 4.11. The minimum atomic E-state index is -4.68. The van der Waals surface area contributed by atoms with Gasteiger partial charge in [0.2, 0.25) is 0 Å². The van der Waals surface area contributed by atoms with Crippen molar-refractivity contribution in [2.45, 2.75) is 25.2 Å². The Kier molecular flexibility index (Phi) is 4.31. The van der Waals surface area contributed by atoms with Gasteiger partial charge >= 0.3 is 6.36 Å². The normalized spacial score (nSPS) is 19.2. The summed E-state index contributed by atoms with van der Waals surface area (Å²) in [6.07, 6.45) is -3.03. The number of nitrogens with two attached hydrogens (primary N) is 1. The first kappa shape index (κ1) is 14.1. The van der Waals surface area contributed by atoms with Crippen LogP contribution in [-0.4, -0.2) is 19.6 Å². The van der Waals surface area contributed by atoms with Gasteiger partial charge in [0.1, 0.15) is 5.75 Å². The Morgan fingerprint density at radius 3 is 2.58 bits per heavy atom. The molecule has 0 unspecified atom stereocenters. The van der Waals surface area contributed by atoms with Gasteiger partial charge in [-0.1, -0.05) is 12.1 Å². The lowest BCUT2D eigenvalue weighted by Gasteiger charge is -2.28. The molecule has 2 rings (SSSR count). The smallest absolute Gasteiger partial charge is 0.406 e. The predicted octanol–water partition coefficient (Wildman–Crippen LogP) is 3.01. The quantitative estimate of drug-likeness (QED) is 0.922. The molecule has 3 nitrogen and oxygen atoms in total. The predicted molar refractivity (Wildman–Crippen MR) is 63.6 cm³/mol. The van der Waals surface area contributed by atoms with Crippen LogP contribution >= 0.6 is 0 Å². The highest BCUT2D eigenvalue weighted by molar-refractivity contribution is 5.31. The van der Waals surface area contributed by atoms with Crippen LogP contribution in [-0.2, 0) is 4.74 Å². The van der Waals surface area contributed by atoms with Gasteiger partial charge in [-0.15, -0.1) is 13.2 Å². The van der Waals surface area contributed by atoms with Gasteiger partial charge in [0.05, 0.1) is 0 Å². The van der Waals surface area contributed by atoms with Crippen molar-refractivity contribution >= 4 is 0 Å². The van der Waals surface area contributed by atoms with Crippen LogP contribution in [0.2, 0.25) is 0 Å². The topological polar surface area (TPSA) is 44.5 Å². The Labute approximate surface area is 109 Å². The summed E-state index contributed by atoms with van der Waals surface area (Å²) in [4.78, 5) is 0. The van der Waals surface area contributed by atoms with Crippen molar-refractivity contribution in [1.29, 1.82) is 0 Å². The second-order valence-electron chi connectivity index (χ2n) is 4.60. The van der Waals surface area contributed by atoms with Crippen LogP contribution in [0.1, 0.15) is 24.4 Å². The Bertz CT molecular complexity index is 417. The maximum Gasteiger partial charge on any atom is 0.573 e. The number of halogens is 3. The molecule has 1 aliphatic rings. The van der Waals surface area contributed by atoms with E-state index in [1.807, 2.05) is 0 Å². The highest BCUT2D eigenvalue weighted by Gasteiger charge is 2.31. The molecule has 1 aromatic carbocycles. The second kappa shape index (κ2) is 5.79. The molecular weight excluding hydrogens is 259 g/mol. The Hall–Kier alpha value is -1.27. The third-order valence-electron chi connectivity index (χ3n) is 3.25. The van der Waals surface area contributed by atoms with Crippen molar-refractivity contribution < 1.29 is 22.6 Å². The molecule has 1 heterocycles. The standard InChI is InChI=1S/C13H16F3NO2/c14-13(15,16)19-11-3-1-2-10(8-11)12(17)9-4-6-18-7-5-9/h1-3,8-9,12H,4-7,17H2/t12-/m0/s1. The molecular formula is C13H16F3NO2. The highest BCUT2D eigenvalue weighted by Crippen LogP contribution is 2.31. The van der Waals surface area contributed by atoms with Crippen LogP contribution < -0.4 is 10.5 Å². The monoisotopic (exact) mass is 275 g/mol. The molecule has 0 aliphatic carbocycles. The average Bonchev–Trinajstić information content (AvgIpc) is 2.37. The fourth-order valence-electron chi connectivity index (χ4n) is 2.27. The molecule has 0 aromatic heterocycles. The number of hydrogen-bond donors (Lipinski definition) is 1. The summed E-state index contributed by atoms with van der Waals surface area (Å²) >= 11 is 0. The number of alkyl halides is 3. The van der Waals surface area contributed by atoms with Gasteiger partial charge in [0.25, 0.3) is 0 Å². The van der Waals surface area contributed by atoms with E-state index in [0.29, 0.717) is 18.8 Å². The molecule has 0 saturated carbocycles. The molecule has 106 valence electrons. The van der Waals surface area contributed by atoms with Crippen molar-refractivity contribution in [2.75, 3.05) is 13.2 Å². The molecule has 0 radical (unpaired) electrons. The van der Waals surface area contributed by atoms with Gasteiger partial charge in [-0.2, -0.15) is 0 Å². The lowest BCUT2D eigenvalue weighted by atomic mass is 9.88. The van der Waals surface area contributed by atoms with Crippen LogP contribution in [0.5, 0.6) is 5.75 Å². The average molecular weight is 275 g/mol. The van der Waals surface area contributed by atoms with Crippen molar-refractivity contribution in [3.8, 4) is 5.75 Å². The lowest BCUT2D eigenvalue weighted by Crippen LogP contribution is -2.27. The van der Waals surface area contributed by atoms with Crippen LogP contribution in [0.3, 0.4) is 0 Å². The molecule has 1 atom stereocenters. The van der Waals surface area contributed by atoms with E-state index >= 15 is 0 Å². The van der Waals surface area contributed by atoms with E-state index in [9.17, 15) is 13.2 Å². The van der Waals surface area contributed by atoms with E-state index in [4.69, 9.17) is 10.5 Å². The summed E-state index contributed by atoms with van der Waals surface area (Å²) in [7, 11) is 0. The molecule has 0 spiro atoms. The molecule has 1 fully saturated rings. The number of rotatable bonds is 3. The highest BCUT2D eigenvalue weighted by atomic mass is 19.4. The second-order valence-corrected chi connectivity index (χ2v) is 4.60. The van der Waals surface area contributed by atoms with Crippen LogP contribution in [0, 0.1) is 5.92 Å². The molecule has 0 amide bonds. The molecule has 1 aromatic rings. The number of benzene rings is 1. The van der Waals surface area contributed by atoms with Crippen molar-refractivity contribution in [3.63, 3.8) is 0 Å². The molecule has 6 heteroatoms. The summed E-state index contributed by atoms with van der Waals surface area (Å²) in [6, 6.07) is 5.58. The third-order valence-corrected chi connectivity index (χ3v) is 3.25. The summed E-state index contributed by atoms with van der Waals surface area (Å²) in [5.74, 6) is 0.00222. The fraction of sp³-hybridized carbons (Fsp3) is 0.538. The van der Waals surface area contributed by atoms with Crippen molar-refractivity contribution in [1.82, 2.24) is 0 Å². The summed E-state index contributed by atoms with van der Waals surface area (Å²) < 4.78 is 45.6. The van der Waals surface area contributed by atoms with Gasteiger partial charge in [0, 0.05) is 19.3 Å². The van der Waals surface area contributed by atoms with Gasteiger partial charge in [-0.05, 0) is 36.5 Å². The largest absolute Gasteiger partial charge is 0.573 e. The minimum Gasteiger partial charge on any atom is -0.406 e. The van der Waals surface area contributed by atoms with Gasteiger partial charge in [-0.25, -0.2) is 0 Å². The van der Waals surface area contributed by atoms with Crippen molar-refractivity contribution in [2.24, 2.45) is 11.7 Å². The number of ether oxygens (including phenoxy) is 2. The van der Waals surface area contributed by atoms with Crippen molar-refractivity contribution in [3.05, 3.63) is 29.8 Å².